The summed E-state index contributed by atoms with van der Waals surface area (Å²) < 4.78 is 0. The molecule has 1 atom stereocenters. The van der Waals surface area contributed by atoms with Crippen LogP contribution >= 0.6 is 0 Å². The lowest BCUT2D eigenvalue weighted by Crippen LogP contribution is -2.33. The smallest absolute Gasteiger partial charge is 0.123 e. The van der Waals surface area contributed by atoms with Crippen LogP contribution in [0.2, 0.25) is 0 Å². The number of rotatable bonds is 1. The molecule has 0 saturated heterocycles. The van der Waals surface area contributed by atoms with Gasteiger partial charge in [0.25, 0.3) is 0 Å². The van der Waals surface area contributed by atoms with Crippen molar-refractivity contribution in [2.45, 2.75) is 6.04 Å². The third kappa shape index (κ3) is 2.20. The maximum Gasteiger partial charge on any atom is 0.123 e. The van der Waals surface area contributed by atoms with Gasteiger partial charge >= 0.3 is 0 Å². The second-order valence-electron chi connectivity index (χ2n) is 3.39. The van der Waals surface area contributed by atoms with Crippen molar-refractivity contribution in [1.29, 1.82) is 5.41 Å². The highest BCUT2D eigenvalue weighted by molar-refractivity contribution is 5.93. The SMILES string of the molecule is C=N.CN1C=CC(CO)=C2N=C(N)C=CC21. The molecule has 0 amide bonds. The Morgan fingerprint density at radius 3 is 2.88 bits per heavy atom. The van der Waals surface area contributed by atoms with Crippen LogP contribution in [0.3, 0.4) is 0 Å². The number of hydrogen-bond acceptors (Lipinski definition) is 5. The van der Waals surface area contributed by atoms with E-state index in [2.05, 4.69) is 11.7 Å². The van der Waals surface area contributed by atoms with Gasteiger partial charge in [-0.05, 0) is 18.9 Å². The molecule has 0 radical (unpaired) electrons. The number of aliphatic hydroxyl groups excluding tert-OH is 1. The number of nitrogens with zero attached hydrogens (tertiary/aromatic N) is 2. The molecule has 5 nitrogen and oxygen atoms in total. The second kappa shape index (κ2) is 5.27. The fraction of sp³-hybridized carbons (Fsp3) is 0.273. The maximum atomic E-state index is 9.14. The van der Waals surface area contributed by atoms with E-state index in [0.717, 1.165) is 11.3 Å². The van der Waals surface area contributed by atoms with Crippen LogP contribution in [0.5, 0.6) is 0 Å². The standard InChI is InChI=1S/C10H13N3O.CH3N/c1-13-5-4-7(6-14)10-8(13)2-3-9(11)12-10;1-2/h2-5,8,14H,6H2,1H3,(H2,11,12);2H,1H2. The van der Waals surface area contributed by atoms with E-state index in [1.807, 2.05) is 30.3 Å². The van der Waals surface area contributed by atoms with Gasteiger partial charge in [0.2, 0.25) is 0 Å². The molecule has 16 heavy (non-hydrogen) atoms. The van der Waals surface area contributed by atoms with Crippen LogP contribution in [-0.4, -0.2) is 42.3 Å². The minimum absolute atomic E-state index is 0.000787. The topological polar surface area (TPSA) is 85.7 Å². The first kappa shape index (κ1) is 12.2. The molecule has 0 saturated carbocycles. The Morgan fingerprint density at radius 2 is 2.25 bits per heavy atom. The van der Waals surface area contributed by atoms with Gasteiger partial charge in [0, 0.05) is 18.8 Å². The van der Waals surface area contributed by atoms with E-state index in [4.69, 9.17) is 16.2 Å². The van der Waals surface area contributed by atoms with Gasteiger partial charge in [-0.2, -0.15) is 0 Å². The third-order valence-corrected chi connectivity index (χ3v) is 2.43. The molecule has 0 spiro atoms. The molecule has 0 bridgehead atoms. The van der Waals surface area contributed by atoms with Crippen molar-refractivity contribution in [3.63, 3.8) is 0 Å². The Morgan fingerprint density at radius 1 is 1.56 bits per heavy atom. The van der Waals surface area contributed by atoms with E-state index in [1.54, 1.807) is 6.08 Å². The van der Waals surface area contributed by atoms with E-state index < -0.39 is 0 Å². The number of hydrogen-bond donors (Lipinski definition) is 3. The molecule has 86 valence electrons. The van der Waals surface area contributed by atoms with Gasteiger partial charge in [-0.25, -0.2) is 4.99 Å². The first-order valence-electron chi connectivity index (χ1n) is 4.84. The lowest BCUT2D eigenvalue weighted by atomic mass is 10.0. The molecule has 5 heteroatoms. The van der Waals surface area contributed by atoms with Gasteiger partial charge in [0.1, 0.15) is 5.84 Å². The van der Waals surface area contributed by atoms with Crippen molar-refractivity contribution < 1.29 is 5.11 Å². The van der Waals surface area contributed by atoms with Crippen LogP contribution < -0.4 is 5.73 Å². The van der Waals surface area contributed by atoms with Crippen LogP contribution in [0, 0.1) is 5.41 Å². The predicted octanol–water partition coefficient (Wildman–Crippen LogP) is 0.253. The normalized spacial score (nSPS) is 22.2. The third-order valence-electron chi connectivity index (χ3n) is 2.43. The molecule has 2 aliphatic rings. The van der Waals surface area contributed by atoms with Crippen molar-refractivity contribution in [2.75, 3.05) is 13.7 Å². The first-order valence-corrected chi connectivity index (χ1v) is 4.84. The van der Waals surface area contributed by atoms with Gasteiger partial charge in [0.05, 0.1) is 18.3 Å². The number of dihydropyridines is 1. The molecule has 4 N–H and O–H groups in total. The number of nitrogens with two attached hydrogens (primary N) is 1. The Balaban J connectivity index is 0.000000606. The molecule has 2 rings (SSSR count). The van der Waals surface area contributed by atoms with Crippen molar-refractivity contribution in [3.05, 3.63) is 35.7 Å². The average Bonchev–Trinajstić information content (AvgIpc) is 2.32. The molecule has 0 aromatic rings. The van der Waals surface area contributed by atoms with Crippen LogP contribution in [-0.2, 0) is 0 Å². The number of amidine groups is 1. The molecule has 2 aliphatic heterocycles. The molecule has 0 aromatic carbocycles. The average molecular weight is 220 g/mol. The summed E-state index contributed by atoms with van der Waals surface area (Å²) in [6.07, 6.45) is 7.57. The van der Waals surface area contributed by atoms with E-state index in [0.29, 0.717) is 5.84 Å². The van der Waals surface area contributed by atoms with Crippen molar-refractivity contribution >= 4 is 12.6 Å². The van der Waals surface area contributed by atoms with E-state index in [1.165, 1.54) is 0 Å². The molecular formula is C11H16N4O. The highest BCUT2D eigenvalue weighted by atomic mass is 16.3. The number of likely N-dealkylation sites (N-methyl/N-ethyl adjacent to an activating group) is 1. The quantitative estimate of drug-likeness (QED) is 0.554. The number of fused-ring (bicyclic) bond motifs is 1. The predicted molar refractivity (Wildman–Crippen MR) is 65.4 cm³/mol. The van der Waals surface area contributed by atoms with Gasteiger partial charge in [0.15, 0.2) is 0 Å². The first-order chi connectivity index (χ1) is 7.72. The number of aliphatic imine (C=N–C) groups is 1. The van der Waals surface area contributed by atoms with E-state index in [9.17, 15) is 0 Å². The molecule has 0 fully saturated rings. The highest BCUT2D eigenvalue weighted by Crippen LogP contribution is 2.24. The zero-order chi connectivity index (χ0) is 12.1. The minimum atomic E-state index is 0.000787. The zero-order valence-electron chi connectivity index (χ0n) is 9.22. The lowest BCUT2D eigenvalue weighted by molar-refractivity contribution is 0.325. The molecule has 2 heterocycles. The van der Waals surface area contributed by atoms with Crippen molar-refractivity contribution in [1.82, 2.24) is 4.90 Å². The highest BCUT2D eigenvalue weighted by Gasteiger charge is 2.23. The Labute approximate surface area is 94.8 Å². The second-order valence-corrected chi connectivity index (χ2v) is 3.39. The van der Waals surface area contributed by atoms with Crippen LogP contribution in [0.15, 0.2) is 40.7 Å². The number of aliphatic hydroxyl groups is 1. The largest absolute Gasteiger partial charge is 0.392 e. The van der Waals surface area contributed by atoms with E-state index in [-0.39, 0.29) is 12.6 Å². The lowest BCUT2D eigenvalue weighted by Gasteiger charge is -2.31. The van der Waals surface area contributed by atoms with Crippen LogP contribution in [0.25, 0.3) is 0 Å². The zero-order valence-corrected chi connectivity index (χ0v) is 9.22. The molecular weight excluding hydrogens is 204 g/mol. The fourth-order valence-electron chi connectivity index (χ4n) is 1.63. The Hall–Kier alpha value is -1.88. The minimum Gasteiger partial charge on any atom is -0.392 e. The summed E-state index contributed by atoms with van der Waals surface area (Å²) in [5, 5.41) is 14.6. The fourth-order valence-corrected chi connectivity index (χ4v) is 1.63. The summed E-state index contributed by atoms with van der Waals surface area (Å²) in [5.41, 5.74) is 7.29. The van der Waals surface area contributed by atoms with Gasteiger partial charge in [-0.3, -0.25) is 0 Å². The molecule has 1 unspecified atom stereocenters. The van der Waals surface area contributed by atoms with Crippen LogP contribution in [0.4, 0.5) is 0 Å². The van der Waals surface area contributed by atoms with Gasteiger partial charge in [-0.1, -0.05) is 6.08 Å². The van der Waals surface area contributed by atoms with Gasteiger partial charge in [-0.15, -0.1) is 0 Å². The van der Waals surface area contributed by atoms with Crippen LogP contribution in [0.1, 0.15) is 0 Å². The van der Waals surface area contributed by atoms with Crippen molar-refractivity contribution in [3.8, 4) is 0 Å². The van der Waals surface area contributed by atoms with E-state index >= 15 is 0 Å². The number of nitrogens with one attached hydrogen (secondary N) is 1. The summed E-state index contributed by atoms with van der Waals surface area (Å²) >= 11 is 0. The summed E-state index contributed by atoms with van der Waals surface area (Å²) in [6, 6.07) is 0.106. The Bertz CT molecular complexity index is 381. The summed E-state index contributed by atoms with van der Waals surface area (Å²) in [6.45, 7) is 2.50. The summed E-state index contributed by atoms with van der Waals surface area (Å²) in [4.78, 5) is 6.27. The molecule has 0 aromatic heterocycles. The summed E-state index contributed by atoms with van der Waals surface area (Å²) in [5.74, 6) is 0.492. The van der Waals surface area contributed by atoms with Gasteiger partial charge < -0.3 is 21.1 Å². The summed E-state index contributed by atoms with van der Waals surface area (Å²) in [7, 11) is 1.97. The monoisotopic (exact) mass is 220 g/mol. The molecule has 0 aliphatic carbocycles. The Kier molecular flexibility index (Phi) is 4.02. The maximum absolute atomic E-state index is 9.14. The van der Waals surface area contributed by atoms with Crippen molar-refractivity contribution in [2.24, 2.45) is 10.7 Å².